The van der Waals surface area contributed by atoms with E-state index in [-0.39, 0.29) is 6.04 Å². The molecule has 0 amide bonds. The van der Waals surface area contributed by atoms with Crippen molar-refractivity contribution in [1.82, 2.24) is 15.5 Å². The van der Waals surface area contributed by atoms with E-state index in [0.717, 1.165) is 38.6 Å². The van der Waals surface area contributed by atoms with Crippen LogP contribution < -0.4 is 15.4 Å². The molecule has 0 saturated carbocycles. The van der Waals surface area contributed by atoms with Crippen LogP contribution in [0, 0.1) is 0 Å². The molecule has 0 unspecified atom stereocenters. The zero-order valence-electron chi connectivity index (χ0n) is 13.6. The van der Waals surface area contributed by atoms with E-state index in [1.165, 1.54) is 5.56 Å². The Morgan fingerprint density at radius 2 is 2.04 bits per heavy atom. The van der Waals surface area contributed by atoms with Crippen molar-refractivity contribution < 1.29 is 9.47 Å². The molecule has 1 heterocycles. The van der Waals surface area contributed by atoms with Gasteiger partial charge >= 0.3 is 0 Å². The average molecular weight is 335 g/mol. The summed E-state index contributed by atoms with van der Waals surface area (Å²) in [6, 6.07) is 8.46. The standard InChI is InChI=1S/C17H25N3O2S/c1-3-8-18-17(23)19-13-16(20-9-11-22-12-10-20)14-4-6-15(21-2)7-5-14/h3-7,16H,1,8-13H2,2H3,(H2,18,19,23)/t16-/m1/s1. The monoisotopic (exact) mass is 335 g/mol. The van der Waals surface area contributed by atoms with Crippen LogP contribution in [0.1, 0.15) is 11.6 Å². The number of benzene rings is 1. The SMILES string of the molecule is C=CCNC(=S)NC[C@H](c1ccc(OC)cc1)N1CCOCC1. The topological polar surface area (TPSA) is 45.8 Å². The Labute approximate surface area is 143 Å². The molecule has 2 N–H and O–H groups in total. The summed E-state index contributed by atoms with van der Waals surface area (Å²) < 4.78 is 10.7. The normalized spacial score (nSPS) is 16.4. The van der Waals surface area contributed by atoms with Gasteiger partial charge in [-0.15, -0.1) is 6.58 Å². The van der Waals surface area contributed by atoms with E-state index in [4.69, 9.17) is 21.7 Å². The van der Waals surface area contributed by atoms with Gasteiger partial charge in [0.2, 0.25) is 0 Å². The van der Waals surface area contributed by atoms with Gasteiger partial charge in [0.05, 0.1) is 26.4 Å². The van der Waals surface area contributed by atoms with Gasteiger partial charge in [0.25, 0.3) is 0 Å². The molecule has 1 aromatic carbocycles. The van der Waals surface area contributed by atoms with Gasteiger partial charge in [-0.1, -0.05) is 18.2 Å². The maximum Gasteiger partial charge on any atom is 0.166 e. The van der Waals surface area contributed by atoms with Crippen LogP contribution >= 0.6 is 12.2 Å². The van der Waals surface area contributed by atoms with Crippen molar-refractivity contribution >= 4 is 17.3 Å². The van der Waals surface area contributed by atoms with Crippen LogP contribution in [0.3, 0.4) is 0 Å². The number of morpholine rings is 1. The lowest BCUT2D eigenvalue weighted by molar-refractivity contribution is 0.0170. The first-order valence-electron chi connectivity index (χ1n) is 7.83. The van der Waals surface area contributed by atoms with Gasteiger partial charge in [-0.2, -0.15) is 0 Å². The summed E-state index contributed by atoms with van der Waals surface area (Å²) in [7, 11) is 1.68. The summed E-state index contributed by atoms with van der Waals surface area (Å²) in [4.78, 5) is 2.43. The molecule has 23 heavy (non-hydrogen) atoms. The Hall–Kier alpha value is -1.63. The molecule has 1 atom stereocenters. The Bertz CT molecular complexity index is 501. The van der Waals surface area contributed by atoms with Crippen molar-refractivity contribution in [1.29, 1.82) is 0 Å². The summed E-state index contributed by atoms with van der Waals surface area (Å²) >= 11 is 5.30. The number of thiocarbonyl (C=S) groups is 1. The van der Waals surface area contributed by atoms with E-state index in [9.17, 15) is 0 Å². The first-order valence-corrected chi connectivity index (χ1v) is 8.23. The summed E-state index contributed by atoms with van der Waals surface area (Å²) in [5.41, 5.74) is 1.24. The first kappa shape index (κ1) is 17.7. The summed E-state index contributed by atoms with van der Waals surface area (Å²) in [5, 5.41) is 7.05. The molecule has 0 spiro atoms. The number of nitrogens with zero attached hydrogens (tertiary/aromatic N) is 1. The van der Waals surface area contributed by atoms with Gasteiger partial charge < -0.3 is 20.1 Å². The third-order valence-corrected chi connectivity index (χ3v) is 4.14. The van der Waals surface area contributed by atoms with Gasteiger partial charge in [0, 0.05) is 26.2 Å². The molecule has 0 aliphatic carbocycles. The fourth-order valence-electron chi connectivity index (χ4n) is 2.59. The van der Waals surface area contributed by atoms with Crippen LogP contribution in [0.5, 0.6) is 5.75 Å². The van der Waals surface area contributed by atoms with E-state index in [2.05, 4.69) is 34.2 Å². The number of nitrogens with one attached hydrogen (secondary N) is 2. The number of hydrogen-bond acceptors (Lipinski definition) is 4. The van der Waals surface area contributed by atoms with Crippen LogP contribution in [0.25, 0.3) is 0 Å². The molecular weight excluding hydrogens is 310 g/mol. The highest BCUT2D eigenvalue weighted by Gasteiger charge is 2.22. The van der Waals surface area contributed by atoms with Crippen LogP contribution in [0.2, 0.25) is 0 Å². The second kappa shape index (κ2) is 9.50. The summed E-state index contributed by atoms with van der Waals surface area (Å²) in [6.07, 6.45) is 1.79. The zero-order valence-corrected chi connectivity index (χ0v) is 14.4. The summed E-state index contributed by atoms with van der Waals surface area (Å²) in [6.45, 7) is 8.47. The highest BCUT2D eigenvalue weighted by atomic mass is 32.1. The van der Waals surface area contributed by atoms with Crippen molar-refractivity contribution in [2.45, 2.75) is 6.04 Å². The Morgan fingerprint density at radius 3 is 2.65 bits per heavy atom. The molecular formula is C17H25N3O2S. The van der Waals surface area contributed by atoms with Crippen molar-refractivity contribution in [3.8, 4) is 5.75 Å². The molecule has 0 radical (unpaired) electrons. The molecule has 1 aromatic rings. The molecule has 1 aliphatic rings. The Morgan fingerprint density at radius 1 is 1.35 bits per heavy atom. The zero-order chi connectivity index (χ0) is 16.5. The van der Waals surface area contributed by atoms with E-state index < -0.39 is 0 Å². The van der Waals surface area contributed by atoms with E-state index in [1.54, 1.807) is 13.2 Å². The van der Waals surface area contributed by atoms with Crippen molar-refractivity contribution in [3.05, 3.63) is 42.5 Å². The van der Waals surface area contributed by atoms with Crippen molar-refractivity contribution in [2.24, 2.45) is 0 Å². The molecule has 0 bridgehead atoms. The summed E-state index contributed by atoms with van der Waals surface area (Å²) in [5.74, 6) is 0.866. The molecule has 1 fully saturated rings. The fraction of sp³-hybridized carbons (Fsp3) is 0.471. The predicted molar refractivity (Wildman–Crippen MR) is 96.9 cm³/mol. The fourth-order valence-corrected chi connectivity index (χ4v) is 2.76. The second-order valence-corrected chi connectivity index (χ2v) is 5.73. The Kier molecular flexibility index (Phi) is 7.32. The van der Waals surface area contributed by atoms with Gasteiger partial charge in [-0.3, -0.25) is 4.90 Å². The minimum absolute atomic E-state index is 0.244. The molecule has 126 valence electrons. The minimum Gasteiger partial charge on any atom is -0.497 e. The van der Waals surface area contributed by atoms with E-state index >= 15 is 0 Å². The highest BCUT2D eigenvalue weighted by Crippen LogP contribution is 2.23. The van der Waals surface area contributed by atoms with Crippen LogP contribution in [-0.2, 0) is 4.74 Å². The quantitative estimate of drug-likeness (QED) is 0.584. The highest BCUT2D eigenvalue weighted by molar-refractivity contribution is 7.80. The lowest BCUT2D eigenvalue weighted by Crippen LogP contribution is -2.45. The number of methoxy groups -OCH3 is 1. The van der Waals surface area contributed by atoms with Crippen LogP contribution in [0.15, 0.2) is 36.9 Å². The molecule has 1 saturated heterocycles. The minimum atomic E-state index is 0.244. The van der Waals surface area contributed by atoms with Crippen molar-refractivity contribution in [2.75, 3.05) is 46.5 Å². The second-order valence-electron chi connectivity index (χ2n) is 5.32. The lowest BCUT2D eigenvalue weighted by atomic mass is 10.0. The third kappa shape index (κ3) is 5.49. The van der Waals surface area contributed by atoms with E-state index in [0.29, 0.717) is 11.7 Å². The maximum absolute atomic E-state index is 5.47. The molecule has 2 rings (SSSR count). The van der Waals surface area contributed by atoms with Crippen LogP contribution in [-0.4, -0.2) is 56.5 Å². The number of hydrogen-bond donors (Lipinski definition) is 2. The largest absolute Gasteiger partial charge is 0.497 e. The molecule has 5 nitrogen and oxygen atoms in total. The number of rotatable bonds is 7. The first-order chi connectivity index (χ1) is 11.2. The lowest BCUT2D eigenvalue weighted by Gasteiger charge is -2.35. The van der Waals surface area contributed by atoms with E-state index in [1.807, 2.05) is 12.1 Å². The third-order valence-electron chi connectivity index (χ3n) is 3.85. The van der Waals surface area contributed by atoms with Crippen LogP contribution in [0.4, 0.5) is 0 Å². The molecule has 6 heteroatoms. The molecule has 0 aromatic heterocycles. The molecule has 1 aliphatic heterocycles. The smallest absolute Gasteiger partial charge is 0.166 e. The van der Waals surface area contributed by atoms with Crippen molar-refractivity contribution in [3.63, 3.8) is 0 Å². The van der Waals surface area contributed by atoms with Gasteiger partial charge in [0.15, 0.2) is 5.11 Å². The number of ether oxygens (including phenoxy) is 2. The Balaban J connectivity index is 2.04. The maximum atomic E-state index is 5.47. The van der Waals surface area contributed by atoms with Gasteiger partial charge in [0.1, 0.15) is 5.75 Å². The van der Waals surface area contributed by atoms with Gasteiger partial charge in [-0.25, -0.2) is 0 Å². The predicted octanol–water partition coefficient (Wildman–Crippen LogP) is 1.72. The average Bonchev–Trinajstić information content (AvgIpc) is 2.61. The van der Waals surface area contributed by atoms with Gasteiger partial charge in [-0.05, 0) is 29.9 Å².